The van der Waals surface area contributed by atoms with Crippen LogP contribution in [0.5, 0.6) is 0 Å². The van der Waals surface area contributed by atoms with Gasteiger partial charge in [0.15, 0.2) is 0 Å². The molecule has 0 radical (unpaired) electrons. The Balaban J connectivity index is 1.69. The maximum atomic E-state index is 11.7. The van der Waals surface area contributed by atoms with Crippen molar-refractivity contribution in [1.29, 1.82) is 0 Å². The third-order valence-corrected chi connectivity index (χ3v) is 3.31. The molecule has 0 spiro atoms. The number of benzene rings is 1. The molecule has 1 aromatic carbocycles. The van der Waals surface area contributed by atoms with E-state index in [1.165, 1.54) is 23.0 Å². The minimum atomic E-state index is -0.833. The Morgan fingerprint density at radius 3 is 2.59 bits per heavy atom. The van der Waals surface area contributed by atoms with E-state index in [1.54, 1.807) is 12.1 Å². The quantitative estimate of drug-likeness (QED) is 0.767. The molecule has 0 saturated heterocycles. The van der Waals surface area contributed by atoms with Crippen LogP contribution >= 0.6 is 0 Å². The molecule has 1 aromatic heterocycles. The summed E-state index contributed by atoms with van der Waals surface area (Å²) >= 11 is 0. The number of hydrogen-bond acceptors (Lipinski definition) is 3. The van der Waals surface area contributed by atoms with Gasteiger partial charge in [0.05, 0.1) is 12.8 Å². The van der Waals surface area contributed by atoms with Gasteiger partial charge in [-0.25, -0.2) is 4.79 Å². The third-order valence-electron chi connectivity index (χ3n) is 3.31. The zero-order valence-electron chi connectivity index (χ0n) is 12.9. The molecule has 2 amide bonds. The number of aliphatic hydroxyl groups is 1. The second-order valence-corrected chi connectivity index (χ2v) is 5.41. The van der Waals surface area contributed by atoms with Crippen molar-refractivity contribution >= 4 is 6.03 Å². The summed E-state index contributed by atoms with van der Waals surface area (Å²) in [4.78, 5) is 11.7. The van der Waals surface area contributed by atoms with E-state index in [1.807, 2.05) is 0 Å². The Morgan fingerprint density at radius 1 is 1.23 bits per heavy atom. The Bertz CT molecular complexity index is 588. The number of nitrogens with one attached hydrogen (secondary N) is 2. The third kappa shape index (κ3) is 4.93. The van der Waals surface area contributed by atoms with Gasteiger partial charge in [-0.2, -0.15) is 0 Å². The van der Waals surface area contributed by atoms with Crippen LogP contribution in [-0.4, -0.2) is 24.2 Å². The first kappa shape index (κ1) is 16.1. The van der Waals surface area contributed by atoms with E-state index in [-0.39, 0.29) is 12.6 Å². The highest BCUT2D eigenvalue weighted by Crippen LogP contribution is 2.11. The Hall–Kier alpha value is -2.27. The average Bonchev–Trinajstić information content (AvgIpc) is 2.98. The lowest BCUT2D eigenvalue weighted by atomic mass is 10.1. The van der Waals surface area contributed by atoms with E-state index >= 15 is 0 Å². The maximum absolute atomic E-state index is 11.7. The van der Waals surface area contributed by atoms with Gasteiger partial charge in [-0.15, -0.1) is 0 Å². The highest BCUT2D eigenvalue weighted by molar-refractivity contribution is 5.73. The van der Waals surface area contributed by atoms with Crippen LogP contribution in [0.15, 0.2) is 41.0 Å². The lowest BCUT2D eigenvalue weighted by Gasteiger charge is -2.11. The predicted molar refractivity (Wildman–Crippen MR) is 84.7 cm³/mol. The molecule has 1 unspecified atom stereocenters. The lowest BCUT2D eigenvalue weighted by Crippen LogP contribution is -2.38. The summed E-state index contributed by atoms with van der Waals surface area (Å²) in [5.74, 6) is 0.440. The van der Waals surface area contributed by atoms with E-state index in [4.69, 9.17) is 4.42 Å². The molecule has 0 aliphatic carbocycles. The topological polar surface area (TPSA) is 74.5 Å². The van der Waals surface area contributed by atoms with Crippen LogP contribution in [0.3, 0.4) is 0 Å². The van der Waals surface area contributed by atoms with Crippen LogP contribution < -0.4 is 10.6 Å². The molecule has 0 aliphatic heterocycles. The van der Waals surface area contributed by atoms with E-state index in [0.29, 0.717) is 12.3 Å². The van der Waals surface area contributed by atoms with Crippen LogP contribution in [-0.2, 0) is 6.42 Å². The lowest BCUT2D eigenvalue weighted by molar-refractivity contribution is 0.148. The summed E-state index contributed by atoms with van der Waals surface area (Å²) in [5.41, 5.74) is 3.65. The number of aryl methyl sites for hydroxylation is 2. The minimum absolute atomic E-state index is 0.114. The first-order valence-corrected chi connectivity index (χ1v) is 7.35. The van der Waals surface area contributed by atoms with Crippen LogP contribution in [0, 0.1) is 13.8 Å². The van der Waals surface area contributed by atoms with Crippen molar-refractivity contribution in [1.82, 2.24) is 10.6 Å². The van der Waals surface area contributed by atoms with Gasteiger partial charge in [0.2, 0.25) is 0 Å². The van der Waals surface area contributed by atoms with Gasteiger partial charge >= 0.3 is 6.03 Å². The standard InChI is InChI=1S/C17H22N2O3/c1-12-8-13(2)10-14(9-12)5-6-18-17(21)19-11-15(20)16-4-3-7-22-16/h3-4,7-10,15,20H,5-6,11H2,1-2H3,(H2,18,19,21). The molecule has 0 aliphatic rings. The van der Waals surface area contributed by atoms with E-state index in [2.05, 4.69) is 42.7 Å². The number of carbonyl (C=O) groups is 1. The molecule has 5 nitrogen and oxygen atoms in total. The monoisotopic (exact) mass is 302 g/mol. The molecular weight excluding hydrogens is 280 g/mol. The fourth-order valence-electron chi connectivity index (χ4n) is 2.37. The highest BCUT2D eigenvalue weighted by Gasteiger charge is 2.11. The van der Waals surface area contributed by atoms with Crippen molar-refractivity contribution in [2.24, 2.45) is 0 Å². The van der Waals surface area contributed by atoms with Gasteiger partial charge in [0.1, 0.15) is 11.9 Å². The van der Waals surface area contributed by atoms with Gasteiger partial charge in [0.25, 0.3) is 0 Å². The molecule has 3 N–H and O–H groups in total. The second-order valence-electron chi connectivity index (χ2n) is 5.41. The molecule has 0 fully saturated rings. The van der Waals surface area contributed by atoms with Crippen LogP contribution in [0.4, 0.5) is 4.79 Å². The number of urea groups is 1. The molecule has 1 heterocycles. The summed E-state index contributed by atoms with van der Waals surface area (Å²) < 4.78 is 5.07. The second kappa shape index (κ2) is 7.66. The Labute approximate surface area is 130 Å². The van der Waals surface area contributed by atoms with Crippen molar-refractivity contribution in [2.75, 3.05) is 13.1 Å². The molecule has 0 saturated carbocycles. The summed E-state index contributed by atoms with van der Waals surface area (Å²) in [5, 5.41) is 15.2. The van der Waals surface area contributed by atoms with Crippen molar-refractivity contribution < 1.29 is 14.3 Å². The number of hydrogen-bond donors (Lipinski definition) is 3. The summed E-state index contributed by atoms with van der Waals surface area (Å²) in [7, 11) is 0. The van der Waals surface area contributed by atoms with Crippen molar-refractivity contribution in [3.05, 3.63) is 59.0 Å². The summed E-state index contributed by atoms with van der Waals surface area (Å²) in [6.45, 7) is 4.79. The Kier molecular flexibility index (Phi) is 5.61. The van der Waals surface area contributed by atoms with E-state index in [9.17, 15) is 9.90 Å². The van der Waals surface area contributed by atoms with Gasteiger partial charge in [-0.05, 0) is 38.0 Å². The van der Waals surface area contributed by atoms with E-state index in [0.717, 1.165) is 6.42 Å². The average molecular weight is 302 g/mol. The fourth-order valence-corrected chi connectivity index (χ4v) is 2.37. The summed E-state index contributed by atoms with van der Waals surface area (Å²) in [6, 6.07) is 9.43. The largest absolute Gasteiger partial charge is 0.467 e. The van der Waals surface area contributed by atoms with Crippen LogP contribution in [0.1, 0.15) is 28.6 Å². The molecule has 118 valence electrons. The molecule has 0 bridgehead atoms. The van der Waals surface area contributed by atoms with Crippen LogP contribution in [0.2, 0.25) is 0 Å². The van der Waals surface area contributed by atoms with Crippen molar-refractivity contribution in [2.45, 2.75) is 26.4 Å². The molecule has 22 heavy (non-hydrogen) atoms. The Morgan fingerprint density at radius 2 is 1.95 bits per heavy atom. The van der Waals surface area contributed by atoms with Gasteiger partial charge in [-0.1, -0.05) is 29.3 Å². The highest BCUT2D eigenvalue weighted by atomic mass is 16.4. The minimum Gasteiger partial charge on any atom is -0.467 e. The van der Waals surface area contributed by atoms with Gasteiger partial charge in [0, 0.05) is 6.54 Å². The zero-order valence-corrected chi connectivity index (χ0v) is 12.9. The maximum Gasteiger partial charge on any atom is 0.314 e. The number of amides is 2. The fraction of sp³-hybridized carbons (Fsp3) is 0.353. The molecule has 5 heteroatoms. The smallest absolute Gasteiger partial charge is 0.314 e. The van der Waals surface area contributed by atoms with Gasteiger partial charge in [-0.3, -0.25) is 0 Å². The van der Waals surface area contributed by atoms with Crippen molar-refractivity contribution in [3.63, 3.8) is 0 Å². The van der Waals surface area contributed by atoms with E-state index < -0.39 is 6.10 Å². The zero-order chi connectivity index (χ0) is 15.9. The van der Waals surface area contributed by atoms with Gasteiger partial charge < -0.3 is 20.2 Å². The number of aliphatic hydroxyl groups excluding tert-OH is 1. The first-order valence-electron chi connectivity index (χ1n) is 7.35. The van der Waals surface area contributed by atoms with Crippen molar-refractivity contribution in [3.8, 4) is 0 Å². The summed E-state index contributed by atoms with van der Waals surface area (Å²) in [6.07, 6.45) is 1.43. The number of furan rings is 1. The molecule has 1 atom stereocenters. The SMILES string of the molecule is Cc1cc(C)cc(CCNC(=O)NCC(O)c2ccco2)c1. The molecule has 2 rings (SSSR count). The number of carbonyl (C=O) groups excluding carboxylic acids is 1. The first-order chi connectivity index (χ1) is 10.5. The molecule has 2 aromatic rings. The van der Waals surface area contributed by atoms with Crippen LogP contribution in [0.25, 0.3) is 0 Å². The molecular formula is C17H22N2O3. The normalized spacial score (nSPS) is 12.0. The predicted octanol–water partition coefficient (Wildman–Crippen LogP) is 2.47. The number of rotatable bonds is 6.